The molecular weight excluding hydrogens is 330 g/mol. The Morgan fingerprint density at radius 2 is 1.81 bits per heavy atom. The summed E-state index contributed by atoms with van der Waals surface area (Å²) in [7, 11) is 1.53. The van der Waals surface area contributed by atoms with Crippen LogP contribution in [0, 0.1) is 0 Å². The van der Waals surface area contributed by atoms with Gasteiger partial charge >= 0.3 is 0 Å². The molecule has 0 atom stereocenters. The first kappa shape index (κ1) is 16.5. The minimum Gasteiger partial charge on any atom is -0.506 e. The van der Waals surface area contributed by atoms with Crippen LogP contribution in [0.2, 0.25) is 0 Å². The van der Waals surface area contributed by atoms with Gasteiger partial charge in [-0.15, -0.1) is 0 Å². The molecule has 5 nitrogen and oxygen atoms in total. The fraction of sp³-hybridized carbons (Fsp3) is 0.286. The summed E-state index contributed by atoms with van der Waals surface area (Å²) < 4.78 is 11.5. The Morgan fingerprint density at radius 3 is 2.46 bits per heavy atom. The summed E-state index contributed by atoms with van der Waals surface area (Å²) in [6, 6.07) is 10.5. The Hall–Kier alpha value is -2.95. The number of carbonyl (C=O) groups is 1. The number of ether oxygens (including phenoxy) is 2. The zero-order valence-corrected chi connectivity index (χ0v) is 14.7. The number of phenols is 1. The largest absolute Gasteiger partial charge is 0.506 e. The van der Waals surface area contributed by atoms with E-state index in [9.17, 15) is 9.90 Å². The van der Waals surface area contributed by atoms with Gasteiger partial charge in [-0.05, 0) is 31.7 Å². The van der Waals surface area contributed by atoms with Gasteiger partial charge in [-0.2, -0.15) is 0 Å². The van der Waals surface area contributed by atoms with E-state index in [1.165, 1.54) is 18.1 Å². The van der Waals surface area contributed by atoms with Crippen molar-refractivity contribution in [3.63, 3.8) is 0 Å². The fourth-order valence-corrected chi connectivity index (χ4v) is 3.69. The van der Waals surface area contributed by atoms with Gasteiger partial charge in [0.1, 0.15) is 5.75 Å². The summed E-state index contributed by atoms with van der Waals surface area (Å²) >= 11 is 0. The highest BCUT2D eigenvalue weighted by Crippen LogP contribution is 2.45. The average molecular weight is 351 g/mol. The van der Waals surface area contributed by atoms with Crippen LogP contribution >= 0.6 is 0 Å². The third kappa shape index (κ3) is 2.60. The Kier molecular flexibility index (Phi) is 4.07. The van der Waals surface area contributed by atoms with E-state index in [0.29, 0.717) is 28.4 Å². The van der Waals surface area contributed by atoms with Crippen LogP contribution < -0.4 is 14.4 Å². The molecule has 0 unspecified atom stereocenters. The monoisotopic (exact) mass is 351 g/mol. The van der Waals surface area contributed by atoms with E-state index in [1.54, 1.807) is 12.1 Å². The van der Waals surface area contributed by atoms with E-state index in [0.717, 1.165) is 31.2 Å². The van der Waals surface area contributed by atoms with Gasteiger partial charge in [-0.25, -0.2) is 0 Å². The number of phenolic OH excluding ortho intramolecular Hbond substituents is 1. The highest BCUT2D eigenvalue weighted by Gasteiger charge is 2.34. The number of amides is 1. The number of carbonyl (C=O) groups excluding carboxylic acids is 1. The lowest BCUT2D eigenvalue weighted by molar-refractivity contribution is 0.101. The molecule has 2 aromatic carbocycles. The summed E-state index contributed by atoms with van der Waals surface area (Å²) in [5, 5.41) is 10.5. The molecule has 26 heavy (non-hydrogen) atoms. The quantitative estimate of drug-likeness (QED) is 0.889. The van der Waals surface area contributed by atoms with Gasteiger partial charge in [0.15, 0.2) is 11.5 Å². The molecular formula is C21H21NO4. The van der Waals surface area contributed by atoms with Gasteiger partial charge in [0, 0.05) is 23.3 Å². The number of aromatic hydroxyl groups is 1. The second-order valence-corrected chi connectivity index (χ2v) is 6.65. The minimum atomic E-state index is -0.210. The van der Waals surface area contributed by atoms with Crippen molar-refractivity contribution < 1.29 is 19.4 Å². The lowest BCUT2D eigenvalue weighted by Crippen LogP contribution is -2.22. The molecule has 1 saturated carbocycles. The molecule has 0 spiro atoms. The smallest absolute Gasteiger partial charge is 0.263 e. The van der Waals surface area contributed by atoms with Crippen LogP contribution in [0.3, 0.4) is 0 Å². The number of rotatable bonds is 4. The second kappa shape index (κ2) is 6.41. The van der Waals surface area contributed by atoms with Crippen LogP contribution in [0.15, 0.2) is 43.0 Å². The van der Waals surface area contributed by atoms with Crippen molar-refractivity contribution in [2.45, 2.75) is 31.8 Å². The Morgan fingerprint density at radius 1 is 1.12 bits per heavy atom. The molecule has 1 fully saturated rings. The van der Waals surface area contributed by atoms with Crippen LogP contribution in [-0.2, 0) is 0 Å². The van der Waals surface area contributed by atoms with Crippen LogP contribution in [0.25, 0.3) is 5.70 Å². The maximum atomic E-state index is 12.9. The third-order valence-corrected chi connectivity index (χ3v) is 5.04. The zero-order valence-electron chi connectivity index (χ0n) is 14.7. The normalized spacial score (nSPS) is 16.9. The molecule has 0 bridgehead atoms. The van der Waals surface area contributed by atoms with Crippen molar-refractivity contribution in [2.75, 3.05) is 12.0 Å². The lowest BCUT2D eigenvalue weighted by Gasteiger charge is -2.22. The molecule has 1 aliphatic carbocycles. The molecule has 2 aliphatic rings. The van der Waals surface area contributed by atoms with Gasteiger partial charge in [0.25, 0.3) is 5.91 Å². The number of benzene rings is 2. The fourth-order valence-electron chi connectivity index (χ4n) is 3.69. The molecule has 2 aromatic rings. The SMILES string of the molecule is C=C1c2ccccc2C(=O)N1c1cc(OC2CCCC2)c(OC)cc1O. The van der Waals surface area contributed by atoms with Gasteiger partial charge in [0.05, 0.1) is 24.6 Å². The first-order valence-electron chi connectivity index (χ1n) is 8.80. The van der Waals surface area contributed by atoms with Gasteiger partial charge in [0.2, 0.25) is 0 Å². The molecule has 1 aliphatic heterocycles. The summed E-state index contributed by atoms with van der Waals surface area (Å²) in [4.78, 5) is 14.3. The predicted molar refractivity (Wildman–Crippen MR) is 99.8 cm³/mol. The second-order valence-electron chi connectivity index (χ2n) is 6.65. The molecule has 4 rings (SSSR count). The van der Waals surface area contributed by atoms with Crippen molar-refractivity contribution in [3.8, 4) is 17.2 Å². The molecule has 0 saturated heterocycles. The predicted octanol–water partition coefficient (Wildman–Crippen LogP) is 4.35. The lowest BCUT2D eigenvalue weighted by atomic mass is 10.1. The van der Waals surface area contributed by atoms with Crippen molar-refractivity contribution in [3.05, 3.63) is 54.1 Å². The maximum absolute atomic E-state index is 12.9. The number of fused-ring (bicyclic) bond motifs is 1. The number of hydrogen-bond acceptors (Lipinski definition) is 4. The van der Waals surface area contributed by atoms with Gasteiger partial charge in [-0.1, -0.05) is 24.8 Å². The molecule has 1 N–H and O–H groups in total. The van der Waals surface area contributed by atoms with E-state index < -0.39 is 0 Å². The Bertz CT molecular complexity index is 849. The molecule has 5 heteroatoms. The first-order valence-corrected chi connectivity index (χ1v) is 8.80. The minimum absolute atomic E-state index is 0.0528. The Balaban J connectivity index is 1.75. The maximum Gasteiger partial charge on any atom is 0.263 e. The van der Waals surface area contributed by atoms with Crippen molar-refractivity contribution in [2.24, 2.45) is 0 Å². The average Bonchev–Trinajstić information content (AvgIpc) is 3.24. The van der Waals surface area contributed by atoms with Crippen LogP contribution in [0.1, 0.15) is 41.6 Å². The molecule has 134 valence electrons. The number of nitrogens with zero attached hydrogens (tertiary/aromatic N) is 1. The summed E-state index contributed by atoms with van der Waals surface area (Å²) in [5.74, 6) is 0.720. The number of hydrogen-bond donors (Lipinski definition) is 1. The molecule has 1 amide bonds. The first-order chi connectivity index (χ1) is 12.6. The number of anilines is 1. The van der Waals surface area contributed by atoms with Crippen molar-refractivity contribution in [1.29, 1.82) is 0 Å². The van der Waals surface area contributed by atoms with Crippen molar-refractivity contribution >= 4 is 17.3 Å². The van der Waals surface area contributed by atoms with Gasteiger partial charge < -0.3 is 14.6 Å². The standard InChI is InChI=1S/C21H21NO4/c1-13-15-9-5-6-10-16(15)21(24)22(13)17-11-20(19(25-2)12-18(17)23)26-14-7-3-4-8-14/h5-6,9-12,14,23H,1,3-4,7-8H2,2H3. The zero-order chi connectivity index (χ0) is 18.3. The van der Waals surface area contributed by atoms with E-state index in [4.69, 9.17) is 9.47 Å². The number of methoxy groups -OCH3 is 1. The molecule has 0 radical (unpaired) electrons. The van der Waals surface area contributed by atoms with Crippen molar-refractivity contribution in [1.82, 2.24) is 0 Å². The van der Waals surface area contributed by atoms with E-state index >= 15 is 0 Å². The summed E-state index contributed by atoms with van der Waals surface area (Å²) in [6.07, 6.45) is 4.43. The van der Waals surface area contributed by atoms with Crippen LogP contribution in [0.5, 0.6) is 17.2 Å². The van der Waals surface area contributed by atoms with E-state index in [2.05, 4.69) is 6.58 Å². The Labute approximate surface area is 152 Å². The third-order valence-electron chi connectivity index (χ3n) is 5.04. The topological polar surface area (TPSA) is 59.0 Å². The summed E-state index contributed by atoms with van der Waals surface area (Å²) in [5.41, 5.74) is 2.24. The van der Waals surface area contributed by atoms with E-state index in [1.807, 2.05) is 18.2 Å². The molecule has 0 aromatic heterocycles. The molecule has 1 heterocycles. The highest BCUT2D eigenvalue weighted by molar-refractivity contribution is 6.22. The highest BCUT2D eigenvalue weighted by atomic mass is 16.5. The van der Waals surface area contributed by atoms with E-state index in [-0.39, 0.29) is 17.8 Å². The van der Waals surface area contributed by atoms with Crippen LogP contribution in [0.4, 0.5) is 5.69 Å². The van der Waals surface area contributed by atoms with Crippen LogP contribution in [-0.4, -0.2) is 24.2 Å². The van der Waals surface area contributed by atoms with Gasteiger partial charge in [-0.3, -0.25) is 9.69 Å². The summed E-state index contributed by atoms with van der Waals surface area (Å²) in [6.45, 7) is 4.04.